The van der Waals surface area contributed by atoms with E-state index in [2.05, 4.69) is 169 Å². The number of aryl methyl sites for hydroxylation is 6. The Morgan fingerprint density at radius 3 is 0.830 bits per heavy atom. The van der Waals surface area contributed by atoms with Crippen molar-refractivity contribution in [3.8, 4) is 0 Å². The third-order valence-electron chi connectivity index (χ3n) is 9.97. The minimum absolute atomic E-state index is 0.850. The lowest BCUT2D eigenvalue weighted by molar-refractivity contribution is 1.15. The summed E-state index contributed by atoms with van der Waals surface area (Å²) in [6, 6.07) is 46.5. The molecule has 0 aromatic heterocycles. The van der Waals surface area contributed by atoms with Gasteiger partial charge >= 0.3 is 0 Å². The third kappa shape index (κ3) is 6.53. The SMILES string of the molecule is Cc1ccc(C)c([Si](Cl)(c2c(C)ccc(C)c2Cc2ccccc2)c2c(C)ccc(C)c2Cc2ccccc2)c1Cc1ccccc1. The highest BCUT2D eigenvalue weighted by Gasteiger charge is 2.46. The highest BCUT2D eigenvalue weighted by atomic mass is 35.6. The van der Waals surface area contributed by atoms with Gasteiger partial charge in [-0.1, -0.05) is 127 Å². The molecule has 6 rings (SSSR count). The summed E-state index contributed by atoms with van der Waals surface area (Å²) >= 11 is 8.90. The van der Waals surface area contributed by atoms with E-state index in [1.165, 1.54) is 82.3 Å². The van der Waals surface area contributed by atoms with Crippen molar-refractivity contribution in [1.29, 1.82) is 0 Å². The lowest BCUT2D eigenvalue weighted by atomic mass is 9.97. The maximum absolute atomic E-state index is 8.90. The summed E-state index contributed by atoms with van der Waals surface area (Å²) in [4.78, 5) is 0. The molecule has 0 unspecified atom stereocenters. The van der Waals surface area contributed by atoms with Gasteiger partial charge in [0.05, 0.1) is 0 Å². The van der Waals surface area contributed by atoms with Crippen LogP contribution in [0.1, 0.15) is 66.8 Å². The summed E-state index contributed by atoms with van der Waals surface area (Å²) in [6.07, 6.45) is 2.55. The zero-order valence-electron chi connectivity index (χ0n) is 28.6. The molecule has 0 fully saturated rings. The molecule has 0 nitrogen and oxygen atoms in total. The van der Waals surface area contributed by atoms with E-state index in [1.807, 2.05) is 0 Å². The molecule has 0 saturated carbocycles. The first-order valence-corrected chi connectivity index (χ1v) is 19.8. The molecule has 6 aromatic carbocycles. The van der Waals surface area contributed by atoms with Crippen LogP contribution >= 0.6 is 11.1 Å². The molecule has 2 heteroatoms. The standard InChI is InChI=1S/C45H45ClSi/c1-31-22-25-34(4)43(40(31)28-37-16-10-7-11-17-37)47(46,44-35(5)26-23-32(2)41(44)29-38-18-12-8-13-19-38)45-36(6)27-24-33(3)42(45)30-39-20-14-9-15-21-39/h7-27H,28-30H2,1-6H3. The fraction of sp³-hybridized carbons (Fsp3) is 0.200. The second-order valence-corrected chi connectivity index (χ2v) is 17.8. The first-order valence-electron chi connectivity index (χ1n) is 16.8. The summed E-state index contributed by atoms with van der Waals surface area (Å²) in [5, 5.41) is 4.07. The monoisotopic (exact) mass is 648 g/mol. The van der Waals surface area contributed by atoms with Gasteiger partial charge in [-0.15, -0.1) is 11.1 Å². The summed E-state index contributed by atoms with van der Waals surface area (Å²) in [5.41, 5.74) is 15.8. The zero-order valence-corrected chi connectivity index (χ0v) is 30.4. The molecule has 0 aliphatic carbocycles. The minimum atomic E-state index is -3.23. The quantitative estimate of drug-likeness (QED) is 0.0832. The van der Waals surface area contributed by atoms with Crippen LogP contribution in [0.15, 0.2) is 127 Å². The molecule has 0 atom stereocenters. The van der Waals surface area contributed by atoms with Crippen molar-refractivity contribution in [3.05, 3.63) is 194 Å². The molecule has 6 aromatic rings. The van der Waals surface area contributed by atoms with E-state index in [0.717, 1.165) is 19.3 Å². The summed E-state index contributed by atoms with van der Waals surface area (Å²) in [5.74, 6) is 0. The number of benzene rings is 6. The Labute approximate surface area is 287 Å². The lowest BCUT2D eigenvalue weighted by Gasteiger charge is -2.37. The Morgan fingerprint density at radius 2 is 0.574 bits per heavy atom. The maximum Gasteiger partial charge on any atom is 0.249 e. The average Bonchev–Trinajstić information content (AvgIpc) is 3.07. The number of rotatable bonds is 9. The fourth-order valence-corrected chi connectivity index (χ4v) is 14.6. The number of hydrogen-bond donors (Lipinski definition) is 0. The third-order valence-corrected chi connectivity index (χ3v) is 15.8. The minimum Gasteiger partial charge on any atom is -0.149 e. The van der Waals surface area contributed by atoms with Crippen LogP contribution < -0.4 is 15.6 Å². The second-order valence-electron chi connectivity index (χ2n) is 13.3. The van der Waals surface area contributed by atoms with Gasteiger partial charge in [0.25, 0.3) is 0 Å². The van der Waals surface area contributed by atoms with Crippen LogP contribution in [0.3, 0.4) is 0 Å². The van der Waals surface area contributed by atoms with Crippen molar-refractivity contribution < 1.29 is 0 Å². The van der Waals surface area contributed by atoms with Crippen LogP contribution in [0.4, 0.5) is 0 Å². The molecule has 0 bridgehead atoms. The summed E-state index contributed by atoms with van der Waals surface area (Å²) in [7, 11) is -3.23. The van der Waals surface area contributed by atoms with Crippen molar-refractivity contribution in [2.75, 3.05) is 0 Å². The van der Waals surface area contributed by atoms with Crippen molar-refractivity contribution in [1.82, 2.24) is 0 Å². The second kappa shape index (κ2) is 13.9. The van der Waals surface area contributed by atoms with E-state index in [9.17, 15) is 0 Å². The molecule has 236 valence electrons. The Morgan fingerprint density at radius 1 is 0.340 bits per heavy atom. The largest absolute Gasteiger partial charge is 0.249 e. The van der Waals surface area contributed by atoms with Crippen LogP contribution in [0.2, 0.25) is 0 Å². The Hall–Kier alpha value is -4.17. The lowest BCUT2D eigenvalue weighted by Crippen LogP contribution is -2.68. The van der Waals surface area contributed by atoms with Crippen LogP contribution in [0.5, 0.6) is 0 Å². The summed E-state index contributed by atoms with van der Waals surface area (Å²) in [6.45, 7) is 13.7. The van der Waals surface area contributed by atoms with E-state index in [4.69, 9.17) is 11.1 Å². The van der Waals surface area contributed by atoms with E-state index in [0.29, 0.717) is 0 Å². The van der Waals surface area contributed by atoms with E-state index in [-0.39, 0.29) is 0 Å². The molecule has 47 heavy (non-hydrogen) atoms. The van der Waals surface area contributed by atoms with Crippen LogP contribution in [0, 0.1) is 41.5 Å². The Bertz CT molecular complexity index is 1780. The fourth-order valence-electron chi connectivity index (χ4n) is 7.50. The molecular weight excluding hydrogens is 604 g/mol. The zero-order chi connectivity index (χ0) is 33.1. The van der Waals surface area contributed by atoms with Crippen LogP contribution in [-0.4, -0.2) is 7.38 Å². The van der Waals surface area contributed by atoms with Gasteiger partial charge in [-0.2, -0.15) is 0 Å². The molecule has 0 radical (unpaired) electrons. The molecule has 0 amide bonds. The van der Waals surface area contributed by atoms with Crippen LogP contribution in [-0.2, 0) is 19.3 Å². The molecule has 0 N–H and O–H groups in total. The average molecular weight is 649 g/mol. The van der Waals surface area contributed by atoms with Gasteiger partial charge in [0.1, 0.15) is 0 Å². The molecule has 0 saturated heterocycles. The predicted molar refractivity (Wildman–Crippen MR) is 206 cm³/mol. The van der Waals surface area contributed by atoms with Crippen molar-refractivity contribution in [2.24, 2.45) is 0 Å². The smallest absolute Gasteiger partial charge is 0.149 e. The van der Waals surface area contributed by atoms with Gasteiger partial charge in [0.15, 0.2) is 0 Å². The summed E-state index contributed by atoms with van der Waals surface area (Å²) < 4.78 is 0. The highest BCUT2D eigenvalue weighted by molar-refractivity contribution is 7.41. The topological polar surface area (TPSA) is 0 Å². The Kier molecular flexibility index (Phi) is 9.69. The first-order chi connectivity index (χ1) is 22.7. The highest BCUT2D eigenvalue weighted by Crippen LogP contribution is 2.29. The van der Waals surface area contributed by atoms with Gasteiger partial charge < -0.3 is 0 Å². The first kappa shape index (κ1) is 32.8. The van der Waals surface area contributed by atoms with Crippen LogP contribution in [0.25, 0.3) is 0 Å². The van der Waals surface area contributed by atoms with E-state index >= 15 is 0 Å². The molecule has 0 spiro atoms. The van der Waals surface area contributed by atoms with Gasteiger partial charge in [-0.05, 0) is 143 Å². The van der Waals surface area contributed by atoms with Gasteiger partial charge in [-0.3, -0.25) is 0 Å². The van der Waals surface area contributed by atoms with Gasteiger partial charge in [0, 0.05) is 0 Å². The van der Waals surface area contributed by atoms with Crippen molar-refractivity contribution in [2.45, 2.75) is 60.8 Å². The van der Waals surface area contributed by atoms with Crippen molar-refractivity contribution in [3.63, 3.8) is 0 Å². The molecule has 0 heterocycles. The van der Waals surface area contributed by atoms with Gasteiger partial charge in [0.2, 0.25) is 7.38 Å². The normalized spacial score (nSPS) is 11.6. The molecule has 0 aliphatic heterocycles. The Balaban J connectivity index is 1.75. The maximum atomic E-state index is 8.90. The van der Waals surface area contributed by atoms with Gasteiger partial charge in [-0.25, -0.2) is 0 Å². The van der Waals surface area contributed by atoms with E-state index < -0.39 is 7.38 Å². The predicted octanol–water partition coefficient (Wildman–Crippen LogP) is 9.52. The molecule has 0 aliphatic rings. The van der Waals surface area contributed by atoms with Crippen molar-refractivity contribution >= 4 is 34.0 Å². The van der Waals surface area contributed by atoms with E-state index in [1.54, 1.807) is 0 Å². The number of hydrogen-bond acceptors (Lipinski definition) is 0. The number of halogens is 1. The molecular formula is C45H45ClSi.